The SMILES string of the molecule is CN(C)c1ccc(C(N)=C2C=CC(N(C)C)C=C2)cc1. The normalized spacial score (nSPS) is 17.6. The number of allylic oxidation sites excluding steroid dienone is 3. The molecule has 0 bridgehead atoms. The van der Waals surface area contributed by atoms with Crippen LogP contribution in [0.25, 0.3) is 5.70 Å². The predicted octanol–water partition coefficient (Wildman–Crippen LogP) is 2.48. The van der Waals surface area contributed by atoms with Crippen LogP contribution in [-0.4, -0.2) is 39.1 Å². The van der Waals surface area contributed by atoms with Crippen LogP contribution in [0.2, 0.25) is 0 Å². The quantitative estimate of drug-likeness (QED) is 0.915. The molecular weight excluding hydrogens is 246 g/mol. The van der Waals surface area contributed by atoms with Crippen molar-refractivity contribution < 1.29 is 0 Å². The third kappa shape index (κ3) is 3.11. The van der Waals surface area contributed by atoms with E-state index < -0.39 is 0 Å². The van der Waals surface area contributed by atoms with E-state index in [-0.39, 0.29) is 0 Å². The van der Waals surface area contributed by atoms with Crippen LogP contribution in [0, 0.1) is 0 Å². The highest BCUT2D eigenvalue weighted by atomic mass is 15.1. The van der Waals surface area contributed by atoms with Crippen LogP contribution < -0.4 is 10.6 Å². The van der Waals surface area contributed by atoms with Crippen LogP contribution in [0.1, 0.15) is 5.56 Å². The average molecular weight is 269 g/mol. The summed E-state index contributed by atoms with van der Waals surface area (Å²) < 4.78 is 0. The van der Waals surface area contributed by atoms with Crippen molar-refractivity contribution in [3.05, 3.63) is 59.7 Å². The predicted molar refractivity (Wildman–Crippen MR) is 87.6 cm³/mol. The molecule has 0 radical (unpaired) electrons. The fourth-order valence-electron chi connectivity index (χ4n) is 2.15. The van der Waals surface area contributed by atoms with Crippen molar-refractivity contribution in [3.63, 3.8) is 0 Å². The molecule has 1 aromatic rings. The van der Waals surface area contributed by atoms with E-state index in [1.165, 1.54) is 5.69 Å². The molecule has 0 atom stereocenters. The Kier molecular flexibility index (Phi) is 4.30. The number of hydrogen-bond donors (Lipinski definition) is 1. The number of nitrogens with two attached hydrogens (primary N) is 1. The number of nitrogens with zero attached hydrogens (tertiary/aromatic N) is 2. The summed E-state index contributed by atoms with van der Waals surface area (Å²) in [6.45, 7) is 0. The lowest BCUT2D eigenvalue weighted by Crippen LogP contribution is -2.24. The molecule has 0 spiro atoms. The molecule has 3 heteroatoms. The standard InChI is InChI=1S/C17H23N3/c1-19(2)15-9-5-13(6-10-15)17(18)14-7-11-16(12-8-14)20(3)4/h5-12,15H,18H2,1-4H3. The first-order valence-corrected chi connectivity index (χ1v) is 6.79. The van der Waals surface area contributed by atoms with Gasteiger partial charge < -0.3 is 10.6 Å². The first-order valence-electron chi connectivity index (χ1n) is 6.79. The van der Waals surface area contributed by atoms with Crippen LogP contribution in [0.4, 0.5) is 5.69 Å². The molecule has 106 valence electrons. The summed E-state index contributed by atoms with van der Waals surface area (Å²) in [4.78, 5) is 4.24. The third-order valence-electron chi connectivity index (χ3n) is 3.55. The summed E-state index contributed by atoms with van der Waals surface area (Å²) >= 11 is 0. The maximum absolute atomic E-state index is 6.27. The lowest BCUT2D eigenvalue weighted by molar-refractivity contribution is 0.390. The van der Waals surface area contributed by atoms with E-state index in [9.17, 15) is 0 Å². The zero-order chi connectivity index (χ0) is 14.7. The molecule has 0 unspecified atom stereocenters. The van der Waals surface area contributed by atoms with Crippen molar-refractivity contribution in [1.29, 1.82) is 0 Å². The molecule has 2 rings (SSSR count). The van der Waals surface area contributed by atoms with Gasteiger partial charge in [0.25, 0.3) is 0 Å². The van der Waals surface area contributed by atoms with E-state index in [4.69, 9.17) is 5.73 Å². The lowest BCUT2D eigenvalue weighted by atomic mass is 10.0. The Hall–Kier alpha value is -2.00. The second-order valence-electron chi connectivity index (χ2n) is 5.48. The molecule has 1 aromatic carbocycles. The largest absolute Gasteiger partial charge is 0.398 e. The first-order chi connectivity index (χ1) is 9.49. The first kappa shape index (κ1) is 14.4. The van der Waals surface area contributed by atoms with Gasteiger partial charge in [0.1, 0.15) is 0 Å². The van der Waals surface area contributed by atoms with Gasteiger partial charge in [-0.3, -0.25) is 4.90 Å². The van der Waals surface area contributed by atoms with Gasteiger partial charge in [-0.1, -0.05) is 36.4 Å². The monoisotopic (exact) mass is 269 g/mol. The number of anilines is 1. The summed E-state index contributed by atoms with van der Waals surface area (Å²) in [5.41, 5.74) is 10.4. The van der Waals surface area contributed by atoms with E-state index in [1.54, 1.807) is 0 Å². The van der Waals surface area contributed by atoms with Crippen LogP contribution in [-0.2, 0) is 0 Å². The minimum atomic E-state index is 0.350. The highest BCUT2D eigenvalue weighted by Gasteiger charge is 2.09. The number of benzene rings is 1. The highest BCUT2D eigenvalue weighted by Crippen LogP contribution is 2.22. The molecule has 1 aliphatic rings. The van der Waals surface area contributed by atoms with Gasteiger partial charge in [-0.05, 0) is 37.4 Å². The van der Waals surface area contributed by atoms with Crippen molar-refractivity contribution in [3.8, 4) is 0 Å². The minimum Gasteiger partial charge on any atom is -0.398 e. The average Bonchev–Trinajstić information content (AvgIpc) is 2.46. The van der Waals surface area contributed by atoms with Gasteiger partial charge >= 0.3 is 0 Å². The Bertz CT molecular complexity index is 532. The number of likely N-dealkylation sites (N-methyl/N-ethyl adjacent to an activating group) is 1. The Morgan fingerprint density at radius 2 is 1.50 bits per heavy atom. The van der Waals surface area contributed by atoms with Crippen LogP contribution >= 0.6 is 0 Å². The lowest BCUT2D eigenvalue weighted by Gasteiger charge is -2.20. The molecule has 3 nitrogen and oxygen atoms in total. The van der Waals surface area contributed by atoms with Crippen molar-refractivity contribution >= 4 is 11.4 Å². The summed E-state index contributed by atoms with van der Waals surface area (Å²) in [6, 6.07) is 8.65. The molecule has 0 heterocycles. The molecule has 1 aliphatic carbocycles. The summed E-state index contributed by atoms with van der Waals surface area (Å²) in [6.07, 6.45) is 8.52. The summed E-state index contributed by atoms with van der Waals surface area (Å²) in [7, 11) is 8.20. The molecule has 2 N–H and O–H groups in total. The molecule has 0 fully saturated rings. The maximum atomic E-state index is 6.27. The molecule has 0 aromatic heterocycles. The van der Waals surface area contributed by atoms with E-state index in [0.717, 1.165) is 16.8 Å². The Balaban J connectivity index is 2.23. The number of hydrogen-bond acceptors (Lipinski definition) is 3. The molecule has 0 saturated carbocycles. The fourth-order valence-corrected chi connectivity index (χ4v) is 2.15. The zero-order valence-corrected chi connectivity index (χ0v) is 12.7. The molecular formula is C17H23N3. The molecule has 20 heavy (non-hydrogen) atoms. The van der Waals surface area contributed by atoms with E-state index in [1.807, 2.05) is 14.1 Å². The highest BCUT2D eigenvalue weighted by molar-refractivity contribution is 5.72. The molecule has 0 amide bonds. The summed E-state index contributed by atoms with van der Waals surface area (Å²) in [5, 5.41) is 0. The van der Waals surface area contributed by atoms with Crippen LogP contribution in [0.3, 0.4) is 0 Å². The second-order valence-corrected chi connectivity index (χ2v) is 5.48. The van der Waals surface area contributed by atoms with Crippen molar-refractivity contribution in [1.82, 2.24) is 4.90 Å². The van der Waals surface area contributed by atoms with Gasteiger partial charge in [-0.25, -0.2) is 0 Å². The second kappa shape index (κ2) is 5.97. The van der Waals surface area contributed by atoms with E-state index >= 15 is 0 Å². The van der Waals surface area contributed by atoms with Crippen LogP contribution in [0.5, 0.6) is 0 Å². The Morgan fingerprint density at radius 3 is 1.95 bits per heavy atom. The van der Waals surface area contributed by atoms with Gasteiger partial charge in [0, 0.05) is 31.5 Å². The minimum absolute atomic E-state index is 0.350. The maximum Gasteiger partial charge on any atom is 0.0462 e. The van der Waals surface area contributed by atoms with Gasteiger partial charge in [-0.15, -0.1) is 0 Å². The molecule has 0 aliphatic heterocycles. The van der Waals surface area contributed by atoms with E-state index in [0.29, 0.717) is 6.04 Å². The van der Waals surface area contributed by atoms with Crippen molar-refractivity contribution in [2.24, 2.45) is 5.73 Å². The van der Waals surface area contributed by atoms with Crippen LogP contribution in [0.15, 0.2) is 54.1 Å². The number of rotatable bonds is 3. The fraction of sp³-hybridized carbons (Fsp3) is 0.294. The van der Waals surface area contributed by atoms with Gasteiger partial charge in [0.15, 0.2) is 0 Å². The Labute approximate surface area is 121 Å². The topological polar surface area (TPSA) is 32.5 Å². The van der Waals surface area contributed by atoms with Gasteiger partial charge in [-0.2, -0.15) is 0 Å². The van der Waals surface area contributed by atoms with Crippen molar-refractivity contribution in [2.75, 3.05) is 33.1 Å². The summed E-state index contributed by atoms with van der Waals surface area (Å²) in [5.74, 6) is 0. The molecule has 0 saturated heterocycles. The van der Waals surface area contributed by atoms with Gasteiger partial charge in [0.05, 0.1) is 0 Å². The van der Waals surface area contributed by atoms with E-state index in [2.05, 4.69) is 72.5 Å². The smallest absolute Gasteiger partial charge is 0.0462 e. The van der Waals surface area contributed by atoms with Gasteiger partial charge in [0.2, 0.25) is 0 Å². The van der Waals surface area contributed by atoms with Crippen molar-refractivity contribution in [2.45, 2.75) is 6.04 Å². The third-order valence-corrected chi connectivity index (χ3v) is 3.55. The Morgan fingerprint density at radius 1 is 0.950 bits per heavy atom. The zero-order valence-electron chi connectivity index (χ0n) is 12.7.